The summed E-state index contributed by atoms with van der Waals surface area (Å²) in [5, 5.41) is 30.2. The second kappa shape index (κ2) is 19.0. The first-order chi connectivity index (χ1) is 18.4. The lowest BCUT2D eigenvalue weighted by atomic mass is 9.76. The minimum atomic E-state index is -0.761. The molecule has 5 heteroatoms. The van der Waals surface area contributed by atoms with Crippen LogP contribution in [-0.2, 0) is 9.53 Å². The van der Waals surface area contributed by atoms with Crippen LogP contribution < -0.4 is 0 Å². The van der Waals surface area contributed by atoms with E-state index in [1.807, 2.05) is 6.92 Å². The number of hydrogen-bond donors (Lipinski definition) is 3. The summed E-state index contributed by atoms with van der Waals surface area (Å²) in [5.41, 5.74) is 1.95. The Kier molecular flexibility index (Phi) is 17.5. The second-order valence-corrected chi connectivity index (χ2v) is 13.1. The summed E-state index contributed by atoms with van der Waals surface area (Å²) in [4.78, 5) is 11.0. The molecule has 228 valence electrons. The summed E-state index contributed by atoms with van der Waals surface area (Å²) < 4.78 is 6.39. The molecule has 5 nitrogen and oxygen atoms in total. The molecule has 0 aromatic heterocycles. The van der Waals surface area contributed by atoms with E-state index in [4.69, 9.17) is 9.84 Å². The summed E-state index contributed by atoms with van der Waals surface area (Å²) >= 11 is 0. The Morgan fingerprint density at radius 3 is 2.44 bits per heavy atom. The van der Waals surface area contributed by atoms with Crippen molar-refractivity contribution in [1.29, 1.82) is 0 Å². The SMILES string of the molecule is CCCCCCOC1C(CCC(C)CCC/C(C)=C/CCC(C)(O)CCCC(C)C(=O)O)=CC(O)C(C)C1C. The zero-order valence-electron chi connectivity index (χ0n) is 26.4. The zero-order chi connectivity index (χ0) is 29.4. The van der Waals surface area contributed by atoms with Gasteiger partial charge in [0.15, 0.2) is 0 Å². The Hall–Kier alpha value is -1.17. The summed E-state index contributed by atoms with van der Waals surface area (Å²) in [6.07, 6.45) is 18.1. The van der Waals surface area contributed by atoms with E-state index in [1.54, 1.807) is 6.92 Å². The Morgan fingerprint density at radius 2 is 1.77 bits per heavy atom. The van der Waals surface area contributed by atoms with E-state index in [2.05, 4.69) is 46.8 Å². The van der Waals surface area contributed by atoms with Gasteiger partial charge in [-0.05, 0) is 101 Å². The van der Waals surface area contributed by atoms with Crippen molar-refractivity contribution in [3.63, 3.8) is 0 Å². The molecule has 39 heavy (non-hydrogen) atoms. The third-order valence-electron chi connectivity index (χ3n) is 9.03. The number of carboxylic acids is 1. The number of ether oxygens (including phenoxy) is 1. The molecule has 0 saturated carbocycles. The van der Waals surface area contributed by atoms with Crippen LogP contribution >= 0.6 is 0 Å². The molecule has 3 N–H and O–H groups in total. The number of rotatable bonds is 21. The number of aliphatic carboxylic acids is 1. The largest absolute Gasteiger partial charge is 0.481 e. The Balaban J connectivity index is 2.39. The molecule has 0 radical (unpaired) electrons. The van der Waals surface area contributed by atoms with E-state index in [-0.39, 0.29) is 24.0 Å². The molecule has 0 amide bonds. The van der Waals surface area contributed by atoms with Gasteiger partial charge in [0.05, 0.1) is 23.7 Å². The summed E-state index contributed by atoms with van der Waals surface area (Å²) in [6.45, 7) is 15.5. The van der Waals surface area contributed by atoms with E-state index in [9.17, 15) is 15.0 Å². The van der Waals surface area contributed by atoms with Gasteiger partial charge >= 0.3 is 5.97 Å². The van der Waals surface area contributed by atoms with Crippen molar-refractivity contribution in [3.8, 4) is 0 Å². The fourth-order valence-corrected chi connectivity index (χ4v) is 5.67. The van der Waals surface area contributed by atoms with Crippen LogP contribution in [-0.4, -0.2) is 45.7 Å². The highest BCUT2D eigenvalue weighted by molar-refractivity contribution is 5.69. The Labute approximate surface area is 240 Å². The van der Waals surface area contributed by atoms with Crippen LogP contribution in [0.3, 0.4) is 0 Å². The monoisotopic (exact) mass is 550 g/mol. The molecular weight excluding hydrogens is 488 g/mol. The Morgan fingerprint density at radius 1 is 1.05 bits per heavy atom. The standard InChI is InChI=1S/C34H62O5/c1-8-9-10-11-23-39-32-29(6)28(5)31(35)24-30(32)20-19-26(3)16-12-15-25(2)17-13-21-34(7,38)22-14-18-27(4)33(36)37/h17,24,26-29,31-32,35,38H,8-16,18-23H2,1-7H3,(H,36,37)/b25-17+. The molecule has 0 fully saturated rings. The lowest BCUT2D eigenvalue weighted by molar-refractivity contribution is -0.141. The normalized spacial score (nSPS) is 25.2. The van der Waals surface area contributed by atoms with Gasteiger partial charge in [0.25, 0.3) is 0 Å². The summed E-state index contributed by atoms with van der Waals surface area (Å²) in [6, 6.07) is 0. The predicted molar refractivity (Wildman–Crippen MR) is 163 cm³/mol. The van der Waals surface area contributed by atoms with Crippen LogP contribution in [0.15, 0.2) is 23.3 Å². The number of carbonyl (C=O) groups is 1. The van der Waals surface area contributed by atoms with Gasteiger partial charge in [-0.1, -0.05) is 78.0 Å². The molecule has 0 aliphatic heterocycles. The summed E-state index contributed by atoms with van der Waals surface area (Å²) in [5.74, 6) is 0.0838. The van der Waals surface area contributed by atoms with Crippen LogP contribution in [0.1, 0.15) is 138 Å². The lowest BCUT2D eigenvalue weighted by Crippen LogP contribution is -2.39. The molecule has 0 heterocycles. The van der Waals surface area contributed by atoms with Crippen LogP contribution in [0.5, 0.6) is 0 Å². The minimum absolute atomic E-state index is 0.139. The van der Waals surface area contributed by atoms with Crippen LogP contribution in [0.2, 0.25) is 0 Å². The third kappa shape index (κ3) is 14.9. The highest BCUT2D eigenvalue weighted by Crippen LogP contribution is 2.35. The minimum Gasteiger partial charge on any atom is -0.481 e. The molecule has 1 aliphatic rings. The third-order valence-corrected chi connectivity index (χ3v) is 9.03. The quantitative estimate of drug-likeness (QED) is 0.0985. The molecule has 1 aliphatic carbocycles. The smallest absolute Gasteiger partial charge is 0.306 e. The molecule has 0 aromatic carbocycles. The van der Waals surface area contributed by atoms with Gasteiger partial charge in [-0.15, -0.1) is 0 Å². The number of hydrogen-bond acceptors (Lipinski definition) is 4. The maximum absolute atomic E-state index is 11.0. The van der Waals surface area contributed by atoms with Crippen molar-refractivity contribution in [2.75, 3.05) is 6.61 Å². The highest BCUT2D eigenvalue weighted by Gasteiger charge is 2.34. The summed E-state index contributed by atoms with van der Waals surface area (Å²) in [7, 11) is 0. The van der Waals surface area contributed by atoms with Crippen molar-refractivity contribution < 1.29 is 24.9 Å². The van der Waals surface area contributed by atoms with Crippen LogP contribution in [0, 0.1) is 23.7 Å². The number of aliphatic hydroxyl groups is 2. The van der Waals surface area contributed by atoms with E-state index in [1.165, 1.54) is 43.3 Å². The topological polar surface area (TPSA) is 87.0 Å². The average Bonchev–Trinajstić information content (AvgIpc) is 2.86. The fraction of sp³-hybridized carbons (Fsp3) is 0.853. The van der Waals surface area contributed by atoms with Gasteiger partial charge in [0, 0.05) is 6.61 Å². The van der Waals surface area contributed by atoms with Gasteiger partial charge in [-0.2, -0.15) is 0 Å². The van der Waals surface area contributed by atoms with E-state index in [0.717, 1.165) is 45.1 Å². The zero-order valence-corrected chi connectivity index (χ0v) is 26.4. The molecule has 7 atom stereocenters. The van der Waals surface area contributed by atoms with Crippen molar-refractivity contribution in [3.05, 3.63) is 23.3 Å². The maximum atomic E-state index is 11.0. The lowest BCUT2D eigenvalue weighted by Gasteiger charge is -2.38. The maximum Gasteiger partial charge on any atom is 0.306 e. The Bertz CT molecular complexity index is 740. The molecule has 1 rings (SSSR count). The molecular formula is C34H62O5. The second-order valence-electron chi connectivity index (χ2n) is 13.1. The molecule has 0 spiro atoms. The molecule has 0 saturated heterocycles. The first-order valence-electron chi connectivity index (χ1n) is 16.0. The fourth-order valence-electron chi connectivity index (χ4n) is 5.67. The number of allylic oxidation sites excluding steroid dienone is 2. The first-order valence-corrected chi connectivity index (χ1v) is 16.0. The number of carboxylic acid groups (broad SMARTS) is 1. The highest BCUT2D eigenvalue weighted by atomic mass is 16.5. The van der Waals surface area contributed by atoms with Crippen molar-refractivity contribution in [2.24, 2.45) is 23.7 Å². The van der Waals surface area contributed by atoms with Crippen molar-refractivity contribution >= 4 is 5.97 Å². The predicted octanol–water partition coefficient (Wildman–Crippen LogP) is 8.48. The molecule has 0 aromatic rings. The molecule has 7 unspecified atom stereocenters. The van der Waals surface area contributed by atoms with Crippen molar-refractivity contribution in [2.45, 2.75) is 156 Å². The first kappa shape index (κ1) is 35.9. The van der Waals surface area contributed by atoms with E-state index in [0.29, 0.717) is 31.1 Å². The average molecular weight is 551 g/mol. The van der Waals surface area contributed by atoms with Gasteiger partial charge in [0.1, 0.15) is 0 Å². The van der Waals surface area contributed by atoms with Crippen LogP contribution in [0.25, 0.3) is 0 Å². The van der Waals surface area contributed by atoms with E-state index >= 15 is 0 Å². The number of aliphatic hydroxyl groups excluding tert-OH is 1. The van der Waals surface area contributed by atoms with Gasteiger partial charge < -0.3 is 20.1 Å². The van der Waals surface area contributed by atoms with Gasteiger partial charge in [-0.3, -0.25) is 4.79 Å². The van der Waals surface area contributed by atoms with Gasteiger partial charge in [-0.25, -0.2) is 0 Å². The molecule has 0 bridgehead atoms. The van der Waals surface area contributed by atoms with E-state index < -0.39 is 11.6 Å². The van der Waals surface area contributed by atoms with Crippen molar-refractivity contribution in [1.82, 2.24) is 0 Å². The number of unbranched alkanes of at least 4 members (excludes halogenated alkanes) is 3. The van der Waals surface area contributed by atoms with Crippen LogP contribution in [0.4, 0.5) is 0 Å². The van der Waals surface area contributed by atoms with Gasteiger partial charge in [0.2, 0.25) is 0 Å².